The van der Waals surface area contributed by atoms with Crippen LogP contribution in [0, 0.1) is 23.0 Å². The molecule has 8 rings (SSSR count). The van der Waals surface area contributed by atoms with Crippen LogP contribution in [-0.4, -0.2) is 71.6 Å². The smallest absolute Gasteiger partial charge is 0.409 e. The third kappa shape index (κ3) is 8.17. The second kappa shape index (κ2) is 16.4. The van der Waals surface area contributed by atoms with Gasteiger partial charge < -0.3 is 25.8 Å². The molecule has 10 nitrogen and oxygen atoms in total. The van der Waals surface area contributed by atoms with Crippen molar-refractivity contribution in [2.45, 2.75) is 51.1 Å². The van der Waals surface area contributed by atoms with Crippen LogP contribution in [0.3, 0.4) is 0 Å². The molecule has 6 heterocycles. The molecule has 0 amide bonds. The van der Waals surface area contributed by atoms with Gasteiger partial charge in [0.05, 0.1) is 34.3 Å². The molecule has 290 valence electrons. The summed E-state index contributed by atoms with van der Waals surface area (Å²) < 4.78 is 88.3. The minimum Gasteiger partial charge on any atom is -0.489 e. The quantitative estimate of drug-likeness (QED) is 0.134. The number of aromatic nitrogens is 3. The van der Waals surface area contributed by atoms with E-state index in [9.17, 15) is 27.2 Å². The van der Waals surface area contributed by atoms with Gasteiger partial charge in [-0.05, 0) is 50.4 Å². The van der Waals surface area contributed by atoms with E-state index in [0.29, 0.717) is 37.3 Å². The Morgan fingerprint density at radius 3 is 2.60 bits per heavy atom. The zero-order valence-corrected chi connectivity index (χ0v) is 31.1. The number of hydrogen-bond donors (Lipinski definition) is 2. The van der Waals surface area contributed by atoms with Gasteiger partial charge in [-0.2, -0.15) is 28.4 Å². The predicted octanol–water partition coefficient (Wildman–Crippen LogP) is 8.60. The number of nitriles is 1. The molecule has 0 aliphatic carbocycles. The van der Waals surface area contributed by atoms with Crippen molar-refractivity contribution in [3.8, 4) is 29.0 Å². The SMILES string of the molecule is C/C=C/C(F)(F)F.COc1nc2c3c(c(Cl)c(-c4ccc(F)c5sc(N)c(C#N)c45)c(F)c3n1)OCCN2Cc1cccnc1N.FC1CC2CCCN2C1. The standard InChI is InChI=1S/C26H18ClF2N7O2S.C7H12FN.C4H5F3/c1-37-26-34-20-17-21(38-8-7-36(25(17)35-26)10-11-3-2-6-33-23(11)31)18(27)16(19(20)29)12-4-5-14(28)22-15(12)13(9-30)24(32)39-22;8-6-4-7-2-1-3-9(7)5-6;1-2-3-4(5,6)7/h2-6H,7-8,10,32H2,1H3,(H2,31,33);6-7H,1-5H2;2-3H,1H3/b;;3-2+. The van der Waals surface area contributed by atoms with Gasteiger partial charge in [0, 0.05) is 47.9 Å². The van der Waals surface area contributed by atoms with Gasteiger partial charge in [-0.15, -0.1) is 11.3 Å². The molecular formula is C37H35ClF6N8O2S. The average molecular weight is 805 g/mol. The van der Waals surface area contributed by atoms with Crippen molar-refractivity contribution < 1.29 is 35.8 Å². The predicted molar refractivity (Wildman–Crippen MR) is 201 cm³/mol. The van der Waals surface area contributed by atoms with Crippen molar-refractivity contribution in [1.82, 2.24) is 19.9 Å². The molecule has 0 bridgehead atoms. The van der Waals surface area contributed by atoms with Crippen molar-refractivity contribution in [3.05, 3.63) is 70.4 Å². The Hall–Kier alpha value is -5.05. The summed E-state index contributed by atoms with van der Waals surface area (Å²) >= 11 is 7.76. The Bertz CT molecular complexity index is 2290. The van der Waals surface area contributed by atoms with Crippen LogP contribution >= 0.6 is 22.9 Å². The lowest BCUT2D eigenvalue weighted by Gasteiger charge is -2.23. The summed E-state index contributed by atoms with van der Waals surface area (Å²) in [6.07, 6.45) is 1.42. The molecule has 2 unspecified atom stereocenters. The first-order chi connectivity index (χ1) is 26.3. The Kier molecular flexibility index (Phi) is 11.8. The van der Waals surface area contributed by atoms with Gasteiger partial charge >= 0.3 is 12.2 Å². The van der Waals surface area contributed by atoms with Gasteiger partial charge in [-0.3, -0.25) is 4.90 Å². The molecule has 0 radical (unpaired) electrons. The molecule has 4 N–H and O–H groups in total. The number of anilines is 3. The van der Waals surface area contributed by atoms with Crippen LogP contribution in [0.1, 0.15) is 37.3 Å². The summed E-state index contributed by atoms with van der Waals surface area (Å²) in [7, 11) is 1.37. The second-order valence-electron chi connectivity index (χ2n) is 12.8. The van der Waals surface area contributed by atoms with Crippen LogP contribution < -0.4 is 25.8 Å². The molecule has 2 atom stereocenters. The highest BCUT2D eigenvalue weighted by Gasteiger charge is 2.35. The number of rotatable bonds is 4. The molecule has 2 saturated heterocycles. The Balaban J connectivity index is 0.000000265. The number of fused-ring (bicyclic) bond motifs is 2. The number of benzene rings is 2. The summed E-state index contributed by atoms with van der Waals surface area (Å²) in [5, 5.41) is 10.2. The molecule has 0 spiro atoms. The number of pyridine rings is 1. The fourth-order valence-electron chi connectivity index (χ4n) is 6.96. The van der Waals surface area contributed by atoms with E-state index in [1.807, 2.05) is 17.0 Å². The lowest BCUT2D eigenvalue weighted by molar-refractivity contribution is -0.0799. The summed E-state index contributed by atoms with van der Waals surface area (Å²) in [4.78, 5) is 17.1. The van der Waals surface area contributed by atoms with Crippen molar-refractivity contribution >= 4 is 60.6 Å². The van der Waals surface area contributed by atoms with E-state index in [1.165, 1.54) is 39.0 Å². The van der Waals surface area contributed by atoms with Crippen LogP contribution in [0.25, 0.3) is 32.1 Å². The number of alkyl halides is 4. The normalized spacial score (nSPS) is 17.9. The molecule has 18 heteroatoms. The highest BCUT2D eigenvalue weighted by atomic mass is 35.5. The van der Waals surface area contributed by atoms with Gasteiger partial charge in [0.2, 0.25) is 0 Å². The van der Waals surface area contributed by atoms with Crippen LogP contribution in [0.5, 0.6) is 11.8 Å². The van der Waals surface area contributed by atoms with E-state index < -0.39 is 24.0 Å². The van der Waals surface area contributed by atoms with E-state index in [0.717, 1.165) is 35.9 Å². The van der Waals surface area contributed by atoms with Gasteiger partial charge in [-0.25, -0.2) is 18.2 Å². The highest BCUT2D eigenvalue weighted by molar-refractivity contribution is 7.23. The highest BCUT2D eigenvalue weighted by Crippen LogP contribution is 2.50. The van der Waals surface area contributed by atoms with Crippen LogP contribution in [-0.2, 0) is 6.54 Å². The van der Waals surface area contributed by atoms with E-state index in [-0.39, 0.29) is 72.1 Å². The number of allylic oxidation sites excluding steroid dienone is 2. The molecule has 2 fully saturated rings. The minimum atomic E-state index is -4.13. The van der Waals surface area contributed by atoms with Crippen molar-refractivity contribution in [1.29, 1.82) is 5.26 Å². The molecule has 5 aromatic rings. The fraction of sp³-hybridized carbons (Fsp3) is 0.351. The van der Waals surface area contributed by atoms with Gasteiger partial charge in [0.25, 0.3) is 0 Å². The lowest BCUT2D eigenvalue weighted by Crippen LogP contribution is -2.28. The minimum absolute atomic E-state index is 0.0352. The molecule has 3 aliphatic rings. The first kappa shape index (κ1) is 39.6. The third-order valence-corrected chi connectivity index (χ3v) is 10.7. The molecular weight excluding hydrogens is 770 g/mol. The van der Waals surface area contributed by atoms with Gasteiger partial charge in [0.15, 0.2) is 11.6 Å². The average Bonchev–Trinajstić information content (AvgIpc) is 3.79. The number of halogens is 7. The summed E-state index contributed by atoms with van der Waals surface area (Å²) in [5.41, 5.74) is 12.8. The van der Waals surface area contributed by atoms with E-state index in [1.54, 1.807) is 12.3 Å². The van der Waals surface area contributed by atoms with Crippen LogP contribution in [0.2, 0.25) is 5.02 Å². The zero-order valence-electron chi connectivity index (χ0n) is 29.6. The van der Waals surface area contributed by atoms with E-state index in [4.69, 9.17) is 32.5 Å². The summed E-state index contributed by atoms with van der Waals surface area (Å²) in [6.45, 7) is 4.01. The monoisotopic (exact) mass is 804 g/mol. The Labute approximate surface area is 320 Å². The summed E-state index contributed by atoms with van der Waals surface area (Å²) in [6, 6.07) is 8.67. The molecule has 0 saturated carbocycles. The number of thiophene rings is 1. The molecule has 55 heavy (non-hydrogen) atoms. The maximum Gasteiger partial charge on any atom is 0.409 e. The number of nitrogen functional groups attached to an aromatic ring is 2. The Morgan fingerprint density at radius 1 is 1.16 bits per heavy atom. The molecule has 3 aliphatic heterocycles. The lowest BCUT2D eigenvalue weighted by atomic mass is 9.96. The topological polar surface area (TPSA) is 139 Å². The van der Waals surface area contributed by atoms with Gasteiger partial charge in [-0.1, -0.05) is 29.8 Å². The molecule has 2 aromatic carbocycles. The number of methoxy groups -OCH3 is 1. The maximum absolute atomic E-state index is 16.5. The third-order valence-electron chi connectivity index (χ3n) is 9.33. The number of nitrogens with zero attached hydrogens (tertiary/aromatic N) is 6. The van der Waals surface area contributed by atoms with Crippen molar-refractivity contribution in [2.75, 3.05) is 49.7 Å². The first-order valence-corrected chi connectivity index (χ1v) is 18.3. The van der Waals surface area contributed by atoms with E-state index in [2.05, 4.69) is 19.9 Å². The van der Waals surface area contributed by atoms with Crippen LogP contribution in [0.15, 0.2) is 42.6 Å². The number of ether oxygens (including phenoxy) is 2. The number of nitrogens with two attached hydrogens (primary N) is 2. The Morgan fingerprint density at radius 2 is 1.95 bits per heavy atom. The fourth-order valence-corrected chi connectivity index (χ4v) is 8.24. The molecule has 3 aromatic heterocycles. The number of hydrogen-bond acceptors (Lipinski definition) is 11. The zero-order chi connectivity index (χ0) is 39.6. The largest absolute Gasteiger partial charge is 0.489 e. The van der Waals surface area contributed by atoms with Crippen LogP contribution in [0.4, 0.5) is 43.0 Å². The first-order valence-electron chi connectivity index (χ1n) is 17.1. The van der Waals surface area contributed by atoms with E-state index >= 15 is 4.39 Å². The second-order valence-corrected chi connectivity index (χ2v) is 14.3. The summed E-state index contributed by atoms with van der Waals surface area (Å²) in [5.74, 6) is -0.560. The van der Waals surface area contributed by atoms with Crippen molar-refractivity contribution in [2.24, 2.45) is 0 Å². The maximum atomic E-state index is 16.5. The van der Waals surface area contributed by atoms with Gasteiger partial charge in [0.1, 0.15) is 46.8 Å². The van der Waals surface area contributed by atoms with Crippen molar-refractivity contribution in [3.63, 3.8) is 0 Å².